The van der Waals surface area contributed by atoms with E-state index in [1.807, 2.05) is 19.2 Å². The molecule has 3 heteroatoms. The lowest BCUT2D eigenvalue weighted by Crippen LogP contribution is -2.46. The van der Waals surface area contributed by atoms with Gasteiger partial charge in [0.2, 0.25) is 0 Å². The highest BCUT2D eigenvalue weighted by Gasteiger charge is 2.46. The van der Waals surface area contributed by atoms with Gasteiger partial charge in [0.15, 0.2) is 0 Å². The Bertz CT molecular complexity index is 622. The second kappa shape index (κ2) is 5.78. The fourth-order valence-electron chi connectivity index (χ4n) is 3.54. The highest BCUT2D eigenvalue weighted by molar-refractivity contribution is 6.30. The molecule has 0 heterocycles. The predicted molar refractivity (Wildman–Crippen MR) is 85.2 cm³/mol. The number of hydrogen-bond donors (Lipinski definition) is 1. The number of halogens is 2. The normalized spacial score (nSPS) is 18.0. The molecular weight excluding hydrogens is 285 g/mol. The largest absolute Gasteiger partial charge is 0.312 e. The van der Waals surface area contributed by atoms with E-state index in [-0.39, 0.29) is 17.3 Å². The van der Waals surface area contributed by atoms with E-state index < -0.39 is 0 Å². The Labute approximate surface area is 130 Å². The second-order valence-electron chi connectivity index (χ2n) is 5.76. The van der Waals surface area contributed by atoms with Gasteiger partial charge in [0.05, 0.1) is 0 Å². The van der Waals surface area contributed by atoms with Crippen molar-refractivity contribution in [3.8, 4) is 0 Å². The van der Waals surface area contributed by atoms with E-state index in [1.54, 1.807) is 6.07 Å². The minimum absolute atomic E-state index is 0.0231. The summed E-state index contributed by atoms with van der Waals surface area (Å²) in [7, 11) is 1.90. The Morgan fingerprint density at radius 3 is 2.38 bits per heavy atom. The van der Waals surface area contributed by atoms with Crippen LogP contribution in [0.5, 0.6) is 0 Å². The van der Waals surface area contributed by atoms with E-state index in [9.17, 15) is 4.39 Å². The summed E-state index contributed by atoms with van der Waals surface area (Å²) in [5.41, 5.74) is 1.96. The van der Waals surface area contributed by atoms with Crippen LogP contribution in [0.1, 0.15) is 36.4 Å². The van der Waals surface area contributed by atoms with Gasteiger partial charge in [-0.15, -0.1) is 0 Å². The number of hydrogen-bond acceptors (Lipinski definition) is 1. The first-order valence-corrected chi connectivity index (χ1v) is 7.73. The quantitative estimate of drug-likeness (QED) is 0.850. The summed E-state index contributed by atoms with van der Waals surface area (Å²) in [5.74, 6) is -0.232. The van der Waals surface area contributed by atoms with E-state index >= 15 is 0 Å². The molecule has 0 aliphatic heterocycles. The molecule has 2 aromatic carbocycles. The Balaban J connectivity index is 2.05. The van der Waals surface area contributed by atoms with E-state index in [1.165, 1.54) is 18.1 Å². The van der Waals surface area contributed by atoms with Crippen LogP contribution in [0.15, 0.2) is 48.5 Å². The SMILES string of the molecule is CNC(c1ccc(Cl)cc1F)C1(c2ccccc2)CCC1. The van der Waals surface area contributed by atoms with Crippen molar-refractivity contribution >= 4 is 11.6 Å². The first-order valence-electron chi connectivity index (χ1n) is 7.35. The molecule has 110 valence electrons. The van der Waals surface area contributed by atoms with Gasteiger partial charge in [-0.3, -0.25) is 0 Å². The summed E-state index contributed by atoms with van der Waals surface area (Å²) < 4.78 is 14.4. The van der Waals surface area contributed by atoms with Gasteiger partial charge in [-0.1, -0.05) is 54.4 Å². The van der Waals surface area contributed by atoms with E-state index in [2.05, 4.69) is 29.6 Å². The van der Waals surface area contributed by atoms with Gasteiger partial charge in [-0.2, -0.15) is 0 Å². The maximum absolute atomic E-state index is 14.4. The van der Waals surface area contributed by atoms with Gasteiger partial charge in [0, 0.05) is 22.0 Å². The van der Waals surface area contributed by atoms with Crippen LogP contribution in [-0.4, -0.2) is 7.05 Å². The maximum atomic E-state index is 14.4. The minimum Gasteiger partial charge on any atom is -0.312 e. The molecule has 1 fully saturated rings. The van der Waals surface area contributed by atoms with Crippen molar-refractivity contribution in [1.29, 1.82) is 0 Å². The van der Waals surface area contributed by atoms with Crippen molar-refractivity contribution in [2.75, 3.05) is 7.05 Å². The second-order valence-corrected chi connectivity index (χ2v) is 6.20. The summed E-state index contributed by atoms with van der Waals surface area (Å²) in [6.07, 6.45) is 3.33. The smallest absolute Gasteiger partial charge is 0.129 e. The Morgan fingerprint density at radius 1 is 1.14 bits per heavy atom. The van der Waals surface area contributed by atoms with E-state index in [0.717, 1.165) is 12.8 Å². The molecule has 21 heavy (non-hydrogen) atoms. The lowest BCUT2D eigenvalue weighted by molar-refractivity contribution is 0.173. The Kier molecular flexibility index (Phi) is 4.01. The summed E-state index contributed by atoms with van der Waals surface area (Å²) in [6, 6.07) is 15.4. The first-order chi connectivity index (χ1) is 10.2. The lowest BCUT2D eigenvalue weighted by Gasteiger charge is -2.48. The van der Waals surface area contributed by atoms with Crippen LogP contribution in [-0.2, 0) is 5.41 Å². The highest BCUT2D eigenvalue weighted by atomic mass is 35.5. The molecule has 0 aromatic heterocycles. The van der Waals surface area contributed by atoms with E-state index in [0.29, 0.717) is 10.6 Å². The lowest BCUT2D eigenvalue weighted by atomic mass is 9.58. The van der Waals surface area contributed by atoms with Crippen molar-refractivity contribution in [3.63, 3.8) is 0 Å². The monoisotopic (exact) mass is 303 g/mol. The minimum atomic E-state index is -0.232. The molecule has 0 saturated heterocycles. The highest BCUT2D eigenvalue weighted by Crippen LogP contribution is 2.52. The van der Waals surface area contributed by atoms with Crippen LogP contribution in [0, 0.1) is 5.82 Å². The molecular formula is C18H19ClFN. The van der Waals surface area contributed by atoms with Crippen molar-refractivity contribution in [2.24, 2.45) is 0 Å². The van der Waals surface area contributed by atoms with Crippen LogP contribution < -0.4 is 5.32 Å². The number of nitrogens with one attached hydrogen (secondary N) is 1. The van der Waals surface area contributed by atoms with Crippen molar-refractivity contribution in [2.45, 2.75) is 30.7 Å². The zero-order chi connectivity index (χ0) is 14.9. The number of rotatable bonds is 4. The van der Waals surface area contributed by atoms with Crippen LogP contribution in [0.4, 0.5) is 4.39 Å². The molecule has 1 nitrogen and oxygen atoms in total. The first kappa shape index (κ1) is 14.6. The summed E-state index contributed by atoms with van der Waals surface area (Å²) in [5, 5.41) is 3.78. The molecule has 0 bridgehead atoms. The Hall–Kier alpha value is -1.38. The van der Waals surface area contributed by atoms with Crippen molar-refractivity contribution < 1.29 is 4.39 Å². The summed E-state index contributed by atoms with van der Waals surface area (Å²) in [4.78, 5) is 0. The van der Waals surface area contributed by atoms with Gasteiger partial charge in [-0.05, 0) is 37.6 Å². The molecule has 3 rings (SSSR count). The van der Waals surface area contributed by atoms with Gasteiger partial charge >= 0.3 is 0 Å². The maximum Gasteiger partial charge on any atom is 0.129 e. The molecule has 2 aromatic rings. The summed E-state index contributed by atoms with van der Waals surface area (Å²) in [6.45, 7) is 0. The topological polar surface area (TPSA) is 12.0 Å². The molecule has 0 radical (unpaired) electrons. The molecule has 1 N–H and O–H groups in total. The van der Waals surface area contributed by atoms with Crippen LogP contribution in [0.2, 0.25) is 5.02 Å². The van der Waals surface area contributed by atoms with Gasteiger partial charge in [-0.25, -0.2) is 4.39 Å². The van der Waals surface area contributed by atoms with Gasteiger partial charge < -0.3 is 5.32 Å². The molecule has 1 unspecified atom stereocenters. The average molecular weight is 304 g/mol. The zero-order valence-corrected chi connectivity index (χ0v) is 12.8. The number of benzene rings is 2. The third kappa shape index (κ3) is 2.47. The molecule has 1 atom stereocenters. The van der Waals surface area contributed by atoms with Gasteiger partial charge in [0.1, 0.15) is 5.82 Å². The molecule has 1 aliphatic rings. The fourth-order valence-corrected chi connectivity index (χ4v) is 3.70. The van der Waals surface area contributed by atoms with Crippen molar-refractivity contribution in [3.05, 3.63) is 70.5 Å². The third-order valence-corrected chi connectivity index (χ3v) is 4.94. The Morgan fingerprint density at radius 2 is 1.86 bits per heavy atom. The van der Waals surface area contributed by atoms with Crippen molar-refractivity contribution in [1.82, 2.24) is 5.32 Å². The standard InChI is InChI=1S/C18H19ClFN/c1-21-17(15-9-8-14(19)12-16(15)20)18(10-5-11-18)13-6-3-2-4-7-13/h2-4,6-9,12,17,21H,5,10-11H2,1H3. The number of likely N-dealkylation sites (N-methyl/N-ethyl adjacent to an activating group) is 1. The van der Waals surface area contributed by atoms with Crippen LogP contribution in [0.25, 0.3) is 0 Å². The predicted octanol–water partition coefficient (Wildman–Crippen LogP) is 4.86. The zero-order valence-electron chi connectivity index (χ0n) is 12.1. The molecule has 1 aliphatic carbocycles. The average Bonchev–Trinajstić information content (AvgIpc) is 2.44. The fraction of sp³-hybridized carbons (Fsp3) is 0.333. The van der Waals surface area contributed by atoms with E-state index in [4.69, 9.17) is 11.6 Å². The summed E-state index contributed by atoms with van der Waals surface area (Å²) >= 11 is 5.88. The van der Waals surface area contributed by atoms with Crippen LogP contribution >= 0.6 is 11.6 Å². The molecule has 1 saturated carbocycles. The van der Waals surface area contributed by atoms with Gasteiger partial charge in [0.25, 0.3) is 0 Å². The third-order valence-electron chi connectivity index (χ3n) is 4.71. The van der Waals surface area contributed by atoms with Crippen LogP contribution in [0.3, 0.4) is 0 Å². The molecule has 0 amide bonds. The molecule has 0 spiro atoms.